The molecule has 1 aromatic carbocycles. The zero-order chi connectivity index (χ0) is 12.3. The maximum atomic E-state index is 13.4. The average molecular weight is 299 g/mol. The van der Waals surface area contributed by atoms with Gasteiger partial charge in [-0.1, -0.05) is 13.0 Å². The Bertz CT molecular complexity index is 513. The topological polar surface area (TPSA) is 38.1 Å². The van der Waals surface area contributed by atoms with E-state index < -0.39 is 0 Å². The van der Waals surface area contributed by atoms with Crippen LogP contribution < -0.4 is 5.32 Å². The first-order chi connectivity index (χ1) is 8.24. The molecule has 0 spiro atoms. The molecule has 0 aliphatic rings. The van der Waals surface area contributed by atoms with Gasteiger partial charge in [-0.15, -0.1) is 0 Å². The molecule has 0 saturated heterocycles. The van der Waals surface area contributed by atoms with Crippen molar-refractivity contribution in [1.82, 2.24) is 10.3 Å². The van der Waals surface area contributed by atoms with Crippen LogP contribution in [0.25, 0.3) is 11.3 Å². The van der Waals surface area contributed by atoms with Crippen molar-refractivity contribution in [3.05, 3.63) is 40.6 Å². The second kappa shape index (κ2) is 5.42. The average Bonchev–Trinajstić information content (AvgIpc) is 2.78. The first-order valence-electron chi connectivity index (χ1n) is 5.31. The Kier molecular flexibility index (Phi) is 3.91. The minimum Gasteiger partial charge on any atom is -0.443 e. The van der Waals surface area contributed by atoms with Gasteiger partial charge < -0.3 is 9.73 Å². The molecule has 0 saturated carbocycles. The minimum absolute atomic E-state index is 0.312. The highest BCUT2D eigenvalue weighted by Gasteiger charge is 2.15. The van der Waals surface area contributed by atoms with E-state index in [1.807, 2.05) is 6.92 Å². The molecule has 1 heterocycles. The van der Waals surface area contributed by atoms with Crippen LogP contribution in [-0.4, -0.2) is 11.5 Å². The number of nitrogens with one attached hydrogen (secondary N) is 1. The van der Waals surface area contributed by atoms with E-state index in [4.69, 9.17) is 4.42 Å². The number of aromatic nitrogens is 1. The molecule has 2 aromatic rings. The molecule has 1 N–H and O–H groups in total. The highest BCUT2D eigenvalue weighted by atomic mass is 79.9. The van der Waals surface area contributed by atoms with Crippen LogP contribution in [0.4, 0.5) is 4.39 Å². The van der Waals surface area contributed by atoms with Gasteiger partial charge in [0.15, 0.2) is 12.2 Å². The van der Waals surface area contributed by atoms with Crippen LogP contribution in [0.5, 0.6) is 0 Å². The van der Waals surface area contributed by atoms with Crippen molar-refractivity contribution in [3.63, 3.8) is 0 Å². The quantitative estimate of drug-likeness (QED) is 0.941. The number of halogens is 2. The zero-order valence-corrected chi connectivity index (χ0v) is 10.9. The second-order valence-electron chi connectivity index (χ2n) is 3.51. The van der Waals surface area contributed by atoms with Crippen LogP contribution >= 0.6 is 15.9 Å². The van der Waals surface area contributed by atoms with Gasteiger partial charge in [0.2, 0.25) is 0 Å². The number of nitrogens with zero attached hydrogens (tertiary/aromatic N) is 1. The lowest BCUT2D eigenvalue weighted by Crippen LogP contribution is -2.12. The van der Waals surface area contributed by atoms with E-state index in [2.05, 4.69) is 26.2 Å². The smallest absolute Gasteiger partial charge is 0.181 e. The van der Waals surface area contributed by atoms with Gasteiger partial charge in [0.25, 0.3) is 0 Å². The van der Waals surface area contributed by atoms with Crippen molar-refractivity contribution in [2.45, 2.75) is 13.5 Å². The summed E-state index contributed by atoms with van der Waals surface area (Å²) in [5.74, 6) is 0.283. The zero-order valence-electron chi connectivity index (χ0n) is 9.34. The summed E-state index contributed by atoms with van der Waals surface area (Å²) in [6.07, 6.45) is 1.37. The second-order valence-corrected chi connectivity index (χ2v) is 4.30. The van der Waals surface area contributed by atoms with E-state index in [9.17, 15) is 4.39 Å². The third-order valence-electron chi connectivity index (χ3n) is 2.38. The van der Waals surface area contributed by atoms with E-state index >= 15 is 0 Å². The molecular formula is C12H12BrFN2O. The van der Waals surface area contributed by atoms with Crippen LogP contribution in [-0.2, 0) is 6.54 Å². The van der Waals surface area contributed by atoms with E-state index in [1.54, 1.807) is 12.1 Å². The van der Waals surface area contributed by atoms with Crippen LogP contribution in [0, 0.1) is 5.82 Å². The Morgan fingerprint density at radius 2 is 2.29 bits per heavy atom. The first kappa shape index (κ1) is 12.3. The van der Waals surface area contributed by atoms with Gasteiger partial charge in [-0.3, -0.25) is 0 Å². The molecule has 0 unspecified atom stereocenters. The van der Waals surface area contributed by atoms with Crippen molar-refractivity contribution in [3.8, 4) is 11.3 Å². The van der Waals surface area contributed by atoms with Gasteiger partial charge in [0.1, 0.15) is 11.5 Å². The van der Waals surface area contributed by atoms with Crippen molar-refractivity contribution in [1.29, 1.82) is 0 Å². The molecule has 0 fully saturated rings. The Balaban J connectivity index is 2.39. The maximum absolute atomic E-state index is 13.4. The van der Waals surface area contributed by atoms with E-state index in [1.165, 1.54) is 12.5 Å². The Labute approximate surface area is 107 Å². The van der Waals surface area contributed by atoms with Gasteiger partial charge in [-0.25, -0.2) is 9.37 Å². The van der Waals surface area contributed by atoms with E-state index in [0.29, 0.717) is 22.3 Å². The van der Waals surface area contributed by atoms with Crippen LogP contribution in [0.1, 0.15) is 12.6 Å². The summed E-state index contributed by atoms with van der Waals surface area (Å²) in [6, 6.07) is 4.84. The summed E-state index contributed by atoms with van der Waals surface area (Å²) in [6.45, 7) is 3.46. The molecule has 2 rings (SSSR count). The third kappa shape index (κ3) is 2.56. The van der Waals surface area contributed by atoms with Gasteiger partial charge in [0.05, 0.1) is 4.47 Å². The van der Waals surface area contributed by atoms with Crippen LogP contribution in [0.3, 0.4) is 0 Å². The monoisotopic (exact) mass is 298 g/mol. The minimum atomic E-state index is -0.312. The molecule has 0 bridgehead atoms. The predicted molar refractivity (Wildman–Crippen MR) is 67.0 cm³/mol. The van der Waals surface area contributed by atoms with E-state index in [0.717, 1.165) is 12.2 Å². The third-order valence-corrected chi connectivity index (χ3v) is 3.19. The number of rotatable bonds is 4. The fourth-order valence-corrected chi connectivity index (χ4v) is 1.98. The molecule has 0 amide bonds. The van der Waals surface area contributed by atoms with Crippen LogP contribution in [0.15, 0.2) is 33.5 Å². The number of benzene rings is 1. The fourth-order valence-electron chi connectivity index (χ4n) is 1.54. The lowest BCUT2D eigenvalue weighted by atomic mass is 10.1. The highest BCUT2D eigenvalue weighted by Crippen LogP contribution is 2.32. The highest BCUT2D eigenvalue weighted by molar-refractivity contribution is 9.10. The normalized spacial score (nSPS) is 10.8. The summed E-state index contributed by atoms with van der Waals surface area (Å²) in [5.41, 5.74) is 1.45. The fraction of sp³-hybridized carbons (Fsp3) is 0.250. The van der Waals surface area contributed by atoms with Crippen molar-refractivity contribution >= 4 is 15.9 Å². The summed E-state index contributed by atoms with van der Waals surface area (Å²) >= 11 is 3.22. The van der Waals surface area contributed by atoms with Gasteiger partial charge in [0, 0.05) is 12.1 Å². The molecule has 0 aliphatic carbocycles. The Morgan fingerprint density at radius 1 is 1.47 bits per heavy atom. The molecule has 17 heavy (non-hydrogen) atoms. The lowest BCUT2D eigenvalue weighted by molar-refractivity contribution is 0.567. The lowest BCUT2D eigenvalue weighted by Gasteiger charge is -2.04. The summed E-state index contributed by atoms with van der Waals surface area (Å²) < 4.78 is 19.2. The molecule has 90 valence electrons. The van der Waals surface area contributed by atoms with Crippen LogP contribution in [0.2, 0.25) is 0 Å². The molecule has 1 aromatic heterocycles. The number of hydrogen-bond acceptors (Lipinski definition) is 3. The van der Waals surface area contributed by atoms with Crippen molar-refractivity contribution in [2.24, 2.45) is 0 Å². The van der Waals surface area contributed by atoms with Gasteiger partial charge in [-0.2, -0.15) is 0 Å². The summed E-state index contributed by atoms with van der Waals surface area (Å²) in [7, 11) is 0. The van der Waals surface area contributed by atoms with Gasteiger partial charge >= 0.3 is 0 Å². The molecular weight excluding hydrogens is 287 g/mol. The predicted octanol–water partition coefficient (Wildman–Crippen LogP) is 3.35. The molecule has 0 radical (unpaired) electrons. The molecule has 5 heteroatoms. The Hall–Kier alpha value is -1.20. The number of oxazole rings is 1. The Morgan fingerprint density at radius 3 is 3.06 bits per heavy atom. The van der Waals surface area contributed by atoms with E-state index in [-0.39, 0.29) is 5.82 Å². The SMILES string of the molecule is CCNCc1ncoc1-c1cccc(F)c1Br. The summed E-state index contributed by atoms with van der Waals surface area (Å²) in [5, 5.41) is 3.16. The van der Waals surface area contributed by atoms with Gasteiger partial charge in [-0.05, 0) is 34.6 Å². The molecule has 3 nitrogen and oxygen atoms in total. The van der Waals surface area contributed by atoms with Crippen molar-refractivity contribution in [2.75, 3.05) is 6.54 Å². The summed E-state index contributed by atoms with van der Waals surface area (Å²) in [4.78, 5) is 4.13. The maximum Gasteiger partial charge on any atom is 0.181 e. The standard InChI is InChI=1S/C12H12BrFN2O/c1-2-15-6-10-12(17-7-16-10)8-4-3-5-9(14)11(8)13/h3-5,7,15H,2,6H2,1H3. The number of hydrogen-bond donors (Lipinski definition) is 1. The largest absolute Gasteiger partial charge is 0.443 e. The molecule has 0 aliphatic heterocycles. The molecule has 0 atom stereocenters. The first-order valence-corrected chi connectivity index (χ1v) is 6.10. The van der Waals surface area contributed by atoms with Crippen molar-refractivity contribution < 1.29 is 8.81 Å².